The molecule has 0 saturated carbocycles. The van der Waals surface area contributed by atoms with Gasteiger partial charge in [-0.25, -0.2) is 13.9 Å². The molecule has 0 spiro atoms. The predicted molar refractivity (Wildman–Crippen MR) is 75.9 cm³/mol. The highest BCUT2D eigenvalue weighted by molar-refractivity contribution is 6.31. The molecule has 2 aromatic rings. The van der Waals surface area contributed by atoms with Crippen LogP contribution in [0.5, 0.6) is 0 Å². The van der Waals surface area contributed by atoms with Gasteiger partial charge in [-0.3, -0.25) is 0 Å². The molecule has 0 N–H and O–H groups in total. The van der Waals surface area contributed by atoms with Crippen LogP contribution in [0.2, 0.25) is 5.02 Å². The first-order chi connectivity index (χ1) is 10.1. The van der Waals surface area contributed by atoms with E-state index in [9.17, 15) is 9.18 Å². The molecule has 7 heteroatoms. The summed E-state index contributed by atoms with van der Waals surface area (Å²) in [6.45, 7) is 2.31. The first-order valence-electron chi connectivity index (χ1n) is 6.51. The lowest BCUT2D eigenvalue weighted by atomic mass is 10.2. The monoisotopic (exact) mass is 311 g/mol. The van der Waals surface area contributed by atoms with Crippen molar-refractivity contribution in [3.63, 3.8) is 0 Å². The van der Waals surface area contributed by atoms with Crippen molar-refractivity contribution in [3.05, 3.63) is 46.0 Å². The van der Waals surface area contributed by atoms with E-state index in [2.05, 4.69) is 10.3 Å². The minimum atomic E-state index is -0.519. The van der Waals surface area contributed by atoms with Gasteiger partial charge in [-0.2, -0.15) is 0 Å². The molecule has 0 amide bonds. The Hall–Kier alpha value is -1.95. The molecule has 0 aliphatic carbocycles. The summed E-state index contributed by atoms with van der Waals surface area (Å²) in [4.78, 5) is 11.7. The van der Waals surface area contributed by atoms with Gasteiger partial charge in [0.2, 0.25) is 0 Å². The Morgan fingerprint density at radius 2 is 2.24 bits per heavy atom. The van der Waals surface area contributed by atoms with Crippen molar-refractivity contribution in [3.8, 4) is 0 Å². The zero-order chi connectivity index (χ0) is 15.4. The minimum absolute atomic E-state index is 0.206. The maximum Gasteiger partial charge on any atom is 0.360 e. The number of hydrogen-bond donors (Lipinski definition) is 0. The molecule has 0 atom stereocenters. The molecular formula is C14H15ClFN3O2. The second-order valence-corrected chi connectivity index (χ2v) is 4.93. The molecule has 0 aliphatic rings. The molecule has 1 aromatic heterocycles. The third-order valence-electron chi connectivity index (χ3n) is 3.04. The second kappa shape index (κ2) is 6.67. The highest BCUT2D eigenvalue weighted by atomic mass is 35.5. The molecule has 0 bridgehead atoms. The molecule has 0 saturated heterocycles. The Kier molecular flexibility index (Phi) is 4.90. The lowest BCUT2D eigenvalue weighted by Crippen LogP contribution is -2.10. The van der Waals surface area contributed by atoms with Gasteiger partial charge in [-0.05, 0) is 24.1 Å². The number of esters is 1. The highest BCUT2D eigenvalue weighted by Gasteiger charge is 2.20. The van der Waals surface area contributed by atoms with E-state index in [1.807, 2.05) is 6.92 Å². The average molecular weight is 312 g/mol. The largest absolute Gasteiger partial charge is 0.464 e. The van der Waals surface area contributed by atoms with Crippen LogP contribution >= 0.6 is 11.6 Å². The summed E-state index contributed by atoms with van der Waals surface area (Å²) in [5, 5.41) is 8.16. The van der Waals surface area contributed by atoms with Crippen LogP contribution in [0.1, 0.15) is 35.1 Å². The molecule has 112 valence electrons. The van der Waals surface area contributed by atoms with E-state index in [1.54, 1.807) is 10.7 Å². The van der Waals surface area contributed by atoms with E-state index >= 15 is 0 Å². The molecular weight excluding hydrogens is 297 g/mol. The molecule has 0 aliphatic heterocycles. The van der Waals surface area contributed by atoms with Gasteiger partial charge in [-0.1, -0.05) is 36.2 Å². The van der Waals surface area contributed by atoms with Gasteiger partial charge in [-0.15, -0.1) is 5.10 Å². The predicted octanol–water partition coefficient (Wildman–Crippen LogP) is 2.86. The van der Waals surface area contributed by atoms with Gasteiger partial charge >= 0.3 is 5.97 Å². The number of halogens is 2. The smallest absolute Gasteiger partial charge is 0.360 e. The quantitative estimate of drug-likeness (QED) is 0.797. The number of methoxy groups -OCH3 is 1. The topological polar surface area (TPSA) is 57.0 Å². The van der Waals surface area contributed by atoms with Crippen LogP contribution in [0.4, 0.5) is 4.39 Å². The Morgan fingerprint density at radius 3 is 2.86 bits per heavy atom. The van der Waals surface area contributed by atoms with E-state index in [0.717, 1.165) is 6.42 Å². The third kappa shape index (κ3) is 3.39. The maximum atomic E-state index is 13.1. The normalized spacial score (nSPS) is 10.7. The zero-order valence-corrected chi connectivity index (χ0v) is 12.5. The minimum Gasteiger partial charge on any atom is -0.464 e. The van der Waals surface area contributed by atoms with Gasteiger partial charge in [0.25, 0.3) is 0 Å². The van der Waals surface area contributed by atoms with Crippen molar-refractivity contribution in [2.24, 2.45) is 0 Å². The van der Waals surface area contributed by atoms with Crippen LogP contribution in [-0.2, 0) is 17.7 Å². The van der Waals surface area contributed by atoms with E-state index in [4.69, 9.17) is 16.3 Å². The van der Waals surface area contributed by atoms with Crippen LogP contribution < -0.4 is 0 Å². The number of nitrogens with zero attached hydrogens (tertiary/aromatic N) is 3. The zero-order valence-electron chi connectivity index (χ0n) is 11.8. The number of aromatic nitrogens is 3. The summed E-state index contributed by atoms with van der Waals surface area (Å²) in [5.74, 6) is -0.915. The molecule has 0 radical (unpaired) electrons. The molecule has 0 fully saturated rings. The van der Waals surface area contributed by atoms with Gasteiger partial charge in [0.05, 0.1) is 19.3 Å². The van der Waals surface area contributed by atoms with Crippen molar-refractivity contribution in [2.45, 2.75) is 26.3 Å². The van der Waals surface area contributed by atoms with E-state index in [0.29, 0.717) is 29.2 Å². The van der Waals surface area contributed by atoms with Crippen LogP contribution in [0.3, 0.4) is 0 Å². The molecule has 1 aromatic carbocycles. The van der Waals surface area contributed by atoms with Crippen molar-refractivity contribution >= 4 is 17.6 Å². The molecule has 2 rings (SSSR count). The van der Waals surface area contributed by atoms with Crippen LogP contribution in [0.15, 0.2) is 18.2 Å². The lowest BCUT2D eigenvalue weighted by molar-refractivity contribution is 0.0592. The number of ether oxygens (including phenoxy) is 1. The van der Waals surface area contributed by atoms with E-state index in [-0.39, 0.29) is 5.69 Å². The van der Waals surface area contributed by atoms with Crippen molar-refractivity contribution in [1.29, 1.82) is 0 Å². The molecule has 5 nitrogen and oxygen atoms in total. The fourth-order valence-corrected chi connectivity index (χ4v) is 2.24. The van der Waals surface area contributed by atoms with Crippen molar-refractivity contribution < 1.29 is 13.9 Å². The third-order valence-corrected chi connectivity index (χ3v) is 3.39. The number of benzene rings is 1. The molecule has 0 unspecified atom stereocenters. The fourth-order valence-electron chi connectivity index (χ4n) is 2.01. The standard InChI is InChI=1S/C14H15ClFN3O2/c1-3-4-12-13(14(20)21-2)17-18-19(12)8-9-5-6-10(16)7-11(9)15/h5-7H,3-4,8H2,1-2H3. The van der Waals surface area contributed by atoms with Crippen molar-refractivity contribution in [2.75, 3.05) is 7.11 Å². The molecule has 21 heavy (non-hydrogen) atoms. The van der Waals surface area contributed by atoms with Gasteiger partial charge in [0.1, 0.15) is 5.82 Å². The maximum absolute atomic E-state index is 13.1. The Balaban J connectivity index is 2.35. The summed E-state index contributed by atoms with van der Waals surface area (Å²) < 4.78 is 19.3. The summed E-state index contributed by atoms with van der Waals surface area (Å²) in [7, 11) is 1.30. The average Bonchev–Trinajstić information content (AvgIpc) is 2.84. The first-order valence-corrected chi connectivity index (χ1v) is 6.89. The van der Waals surface area contributed by atoms with E-state index in [1.165, 1.54) is 19.2 Å². The SMILES string of the molecule is CCCc1c(C(=O)OC)nnn1Cc1ccc(F)cc1Cl. The van der Waals surface area contributed by atoms with Crippen LogP contribution in [0.25, 0.3) is 0 Å². The Labute approximate surface area is 126 Å². The number of rotatable bonds is 5. The lowest BCUT2D eigenvalue weighted by Gasteiger charge is -2.08. The van der Waals surface area contributed by atoms with Crippen molar-refractivity contribution in [1.82, 2.24) is 15.0 Å². The van der Waals surface area contributed by atoms with Gasteiger partial charge < -0.3 is 4.74 Å². The Bertz CT molecular complexity index is 658. The number of carbonyl (C=O) groups excluding carboxylic acids is 1. The summed E-state index contributed by atoms with van der Waals surface area (Å²) in [5.41, 5.74) is 1.60. The van der Waals surface area contributed by atoms with E-state index < -0.39 is 11.8 Å². The summed E-state index contributed by atoms with van der Waals surface area (Å²) >= 11 is 6.01. The van der Waals surface area contributed by atoms with Crippen LogP contribution in [0, 0.1) is 5.82 Å². The van der Waals surface area contributed by atoms with Gasteiger partial charge in [0, 0.05) is 5.02 Å². The first kappa shape index (κ1) is 15.4. The molecule has 1 heterocycles. The van der Waals surface area contributed by atoms with Crippen LogP contribution in [-0.4, -0.2) is 28.1 Å². The number of hydrogen-bond acceptors (Lipinski definition) is 4. The summed E-state index contributed by atoms with van der Waals surface area (Å²) in [6.07, 6.45) is 1.46. The second-order valence-electron chi connectivity index (χ2n) is 4.52. The number of carbonyl (C=O) groups is 1. The van der Waals surface area contributed by atoms with Gasteiger partial charge in [0.15, 0.2) is 5.69 Å². The fraction of sp³-hybridized carbons (Fsp3) is 0.357. The Morgan fingerprint density at radius 1 is 1.48 bits per heavy atom. The summed E-state index contributed by atoms with van der Waals surface area (Å²) in [6, 6.07) is 4.17. The highest BCUT2D eigenvalue weighted by Crippen LogP contribution is 2.20.